The van der Waals surface area contributed by atoms with Crippen molar-refractivity contribution in [3.63, 3.8) is 0 Å². The second-order valence-corrected chi connectivity index (χ2v) is 5.12. The Morgan fingerprint density at radius 3 is 2.95 bits per heavy atom. The summed E-state index contributed by atoms with van der Waals surface area (Å²) in [5.41, 5.74) is 3.38. The molecule has 2 amide bonds. The summed E-state index contributed by atoms with van der Waals surface area (Å²) in [7, 11) is 0. The van der Waals surface area contributed by atoms with Crippen LogP contribution in [0.3, 0.4) is 0 Å². The van der Waals surface area contributed by atoms with Crippen LogP contribution in [0.1, 0.15) is 30.4 Å². The van der Waals surface area contributed by atoms with E-state index in [0.717, 1.165) is 18.5 Å². The SMILES string of the molecule is Cc1ccc2c(c1)CCCN2C(=O)NCCCC(=O)O. The third kappa shape index (κ3) is 3.50. The van der Waals surface area contributed by atoms with Gasteiger partial charge in [0.15, 0.2) is 0 Å². The summed E-state index contributed by atoms with van der Waals surface area (Å²) in [6, 6.07) is 5.98. The van der Waals surface area contributed by atoms with E-state index in [0.29, 0.717) is 19.5 Å². The van der Waals surface area contributed by atoms with Gasteiger partial charge < -0.3 is 10.4 Å². The fraction of sp³-hybridized carbons (Fsp3) is 0.467. The molecular formula is C15H20N2O3. The Labute approximate surface area is 118 Å². The molecule has 0 radical (unpaired) electrons. The lowest BCUT2D eigenvalue weighted by molar-refractivity contribution is -0.137. The molecule has 2 rings (SSSR count). The Kier molecular flexibility index (Phi) is 4.61. The van der Waals surface area contributed by atoms with Crippen LogP contribution in [0.5, 0.6) is 0 Å². The van der Waals surface area contributed by atoms with Gasteiger partial charge in [-0.2, -0.15) is 0 Å². The molecule has 0 aliphatic carbocycles. The first-order valence-electron chi connectivity index (χ1n) is 6.94. The number of hydrogen-bond acceptors (Lipinski definition) is 2. The van der Waals surface area contributed by atoms with E-state index in [1.807, 2.05) is 19.1 Å². The predicted octanol–water partition coefficient (Wildman–Crippen LogP) is 2.32. The number of amides is 2. The first kappa shape index (κ1) is 14.4. The van der Waals surface area contributed by atoms with Gasteiger partial charge in [0.2, 0.25) is 0 Å². The number of nitrogens with zero attached hydrogens (tertiary/aromatic N) is 1. The molecule has 0 unspecified atom stereocenters. The molecule has 0 bridgehead atoms. The number of fused-ring (bicyclic) bond motifs is 1. The van der Waals surface area contributed by atoms with Crippen molar-refractivity contribution in [3.05, 3.63) is 29.3 Å². The fourth-order valence-electron chi connectivity index (χ4n) is 2.47. The highest BCUT2D eigenvalue weighted by atomic mass is 16.4. The first-order valence-corrected chi connectivity index (χ1v) is 6.94. The minimum absolute atomic E-state index is 0.0794. The molecule has 1 aromatic carbocycles. The van der Waals surface area contributed by atoms with E-state index in [2.05, 4.69) is 11.4 Å². The number of rotatable bonds is 4. The summed E-state index contributed by atoms with van der Waals surface area (Å²) in [6.45, 7) is 3.15. The van der Waals surface area contributed by atoms with Gasteiger partial charge in [-0.25, -0.2) is 4.79 Å². The number of urea groups is 1. The highest BCUT2D eigenvalue weighted by molar-refractivity contribution is 5.93. The number of carboxylic acid groups (broad SMARTS) is 1. The molecule has 20 heavy (non-hydrogen) atoms. The molecule has 0 aromatic heterocycles. The zero-order valence-corrected chi connectivity index (χ0v) is 11.7. The number of aryl methyl sites for hydroxylation is 2. The van der Waals surface area contributed by atoms with Crippen molar-refractivity contribution in [1.82, 2.24) is 5.32 Å². The van der Waals surface area contributed by atoms with Crippen molar-refractivity contribution in [3.8, 4) is 0 Å². The minimum Gasteiger partial charge on any atom is -0.481 e. The number of anilines is 1. The van der Waals surface area contributed by atoms with Crippen LogP contribution < -0.4 is 10.2 Å². The number of carbonyl (C=O) groups is 2. The Balaban J connectivity index is 1.96. The third-order valence-electron chi connectivity index (χ3n) is 3.44. The molecule has 0 fully saturated rings. The van der Waals surface area contributed by atoms with Crippen molar-refractivity contribution >= 4 is 17.7 Å². The van der Waals surface area contributed by atoms with Crippen molar-refractivity contribution in [2.45, 2.75) is 32.6 Å². The summed E-state index contributed by atoms with van der Waals surface area (Å²) in [6.07, 6.45) is 2.49. The predicted molar refractivity (Wildman–Crippen MR) is 77.1 cm³/mol. The van der Waals surface area contributed by atoms with Crippen molar-refractivity contribution < 1.29 is 14.7 Å². The van der Waals surface area contributed by atoms with Gasteiger partial charge in [0, 0.05) is 25.2 Å². The summed E-state index contributed by atoms with van der Waals surface area (Å²) in [5.74, 6) is -0.835. The molecule has 0 spiro atoms. The van der Waals surface area contributed by atoms with Gasteiger partial charge >= 0.3 is 12.0 Å². The zero-order valence-electron chi connectivity index (χ0n) is 11.7. The number of carboxylic acids is 1. The van der Waals surface area contributed by atoms with Crippen LogP contribution in [0.15, 0.2) is 18.2 Å². The lowest BCUT2D eigenvalue weighted by Gasteiger charge is -2.29. The number of benzene rings is 1. The van der Waals surface area contributed by atoms with Crippen LogP contribution in [0.2, 0.25) is 0 Å². The molecule has 5 nitrogen and oxygen atoms in total. The van der Waals surface area contributed by atoms with Crippen molar-refractivity contribution in [1.29, 1.82) is 0 Å². The third-order valence-corrected chi connectivity index (χ3v) is 3.44. The summed E-state index contributed by atoms with van der Waals surface area (Å²) >= 11 is 0. The van der Waals surface area contributed by atoms with Crippen LogP contribution in [0.25, 0.3) is 0 Å². The van der Waals surface area contributed by atoms with E-state index < -0.39 is 5.97 Å². The van der Waals surface area contributed by atoms with E-state index in [9.17, 15) is 9.59 Å². The molecule has 0 atom stereocenters. The lowest BCUT2D eigenvalue weighted by atomic mass is 10.00. The Morgan fingerprint density at radius 1 is 1.40 bits per heavy atom. The standard InChI is InChI=1S/C15H20N2O3/c1-11-6-7-13-12(10-11)4-3-9-17(13)15(20)16-8-2-5-14(18)19/h6-7,10H,2-5,8-9H2,1H3,(H,16,20)(H,18,19). The van der Waals surface area contributed by atoms with E-state index in [1.54, 1.807) is 4.90 Å². The number of hydrogen-bond donors (Lipinski definition) is 2. The molecule has 2 N–H and O–H groups in total. The van der Waals surface area contributed by atoms with Gasteiger partial charge in [-0.05, 0) is 37.8 Å². The topological polar surface area (TPSA) is 69.6 Å². The summed E-state index contributed by atoms with van der Waals surface area (Å²) in [5, 5.41) is 11.3. The lowest BCUT2D eigenvalue weighted by Crippen LogP contribution is -2.43. The van der Waals surface area contributed by atoms with Crippen molar-refractivity contribution in [2.75, 3.05) is 18.0 Å². The quantitative estimate of drug-likeness (QED) is 0.829. The molecule has 5 heteroatoms. The van der Waals surface area contributed by atoms with Gasteiger partial charge in [-0.1, -0.05) is 17.7 Å². The second-order valence-electron chi connectivity index (χ2n) is 5.12. The summed E-state index contributed by atoms with van der Waals surface area (Å²) in [4.78, 5) is 24.3. The summed E-state index contributed by atoms with van der Waals surface area (Å²) < 4.78 is 0. The smallest absolute Gasteiger partial charge is 0.321 e. The monoisotopic (exact) mass is 276 g/mol. The number of nitrogens with one attached hydrogen (secondary N) is 1. The average Bonchev–Trinajstić information content (AvgIpc) is 2.42. The highest BCUT2D eigenvalue weighted by Crippen LogP contribution is 2.27. The minimum atomic E-state index is -0.835. The normalized spacial score (nSPS) is 13.8. The highest BCUT2D eigenvalue weighted by Gasteiger charge is 2.21. The Bertz CT molecular complexity index is 514. The van der Waals surface area contributed by atoms with Gasteiger partial charge in [-0.15, -0.1) is 0 Å². The Hall–Kier alpha value is -2.04. The maximum Gasteiger partial charge on any atom is 0.321 e. The molecule has 1 heterocycles. The van der Waals surface area contributed by atoms with Gasteiger partial charge in [0.05, 0.1) is 0 Å². The molecule has 1 aromatic rings. The van der Waals surface area contributed by atoms with Gasteiger partial charge in [0.1, 0.15) is 0 Å². The molecular weight excluding hydrogens is 256 g/mol. The van der Waals surface area contributed by atoms with Gasteiger partial charge in [-0.3, -0.25) is 9.69 Å². The van der Waals surface area contributed by atoms with Crippen LogP contribution >= 0.6 is 0 Å². The van der Waals surface area contributed by atoms with E-state index in [4.69, 9.17) is 5.11 Å². The van der Waals surface area contributed by atoms with Crippen LogP contribution in [0.4, 0.5) is 10.5 Å². The average molecular weight is 276 g/mol. The molecule has 1 aliphatic heterocycles. The van der Waals surface area contributed by atoms with E-state index in [1.165, 1.54) is 11.1 Å². The van der Waals surface area contributed by atoms with Gasteiger partial charge in [0.25, 0.3) is 0 Å². The largest absolute Gasteiger partial charge is 0.481 e. The van der Waals surface area contributed by atoms with Crippen molar-refractivity contribution in [2.24, 2.45) is 0 Å². The van der Waals surface area contributed by atoms with Crippen LogP contribution in [0, 0.1) is 6.92 Å². The fourth-order valence-corrected chi connectivity index (χ4v) is 2.47. The molecule has 108 valence electrons. The first-order chi connectivity index (χ1) is 9.58. The van der Waals surface area contributed by atoms with Crippen LogP contribution in [-0.2, 0) is 11.2 Å². The Morgan fingerprint density at radius 2 is 2.20 bits per heavy atom. The van der Waals surface area contributed by atoms with E-state index >= 15 is 0 Å². The zero-order chi connectivity index (χ0) is 14.5. The maximum atomic E-state index is 12.2. The number of carbonyl (C=O) groups excluding carboxylic acids is 1. The molecule has 0 saturated heterocycles. The van der Waals surface area contributed by atoms with Crippen LogP contribution in [-0.4, -0.2) is 30.2 Å². The molecule has 1 aliphatic rings. The molecule has 0 saturated carbocycles. The maximum absolute atomic E-state index is 12.2. The second kappa shape index (κ2) is 6.41. The number of aliphatic carboxylic acids is 1. The van der Waals surface area contributed by atoms with E-state index in [-0.39, 0.29) is 12.5 Å².